The quantitative estimate of drug-likeness (QED) is 0.256. The highest BCUT2D eigenvalue weighted by molar-refractivity contribution is 5.94. The average molecular weight is 585 g/mol. The number of methoxy groups -OCH3 is 1. The van der Waals surface area contributed by atoms with Crippen molar-refractivity contribution in [1.82, 2.24) is 34.3 Å². The normalized spacial score (nSPS) is 16.2. The molecule has 0 unspecified atom stereocenters. The van der Waals surface area contributed by atoms with E-state index in [1.54, 1.807) is 31.5 Å². The number of carbonyl (C=O) groups excluding carboxylic acids is 1. The SMILES string of the molecule is COc1ncnc(C2CC2)c1-c1nc2n(n1)CCC(=O)N2[C@H](C)c1ccc(-c2nc(C(F)(F)F)cn2C(C)C)c(F)c1. The Morgan fingerprint density at radius 3 is 2.50 bits per heavy atom. The van der Waals surface area contributed by atoms with Crippen molar-refractivity contribution in [3.05, 3.63) is 53.5 Å². The Labute approximate surface area is 238 Å². The van der Waals surface area contributed by atoms with E-state index < -0.39 is 23.7 Å². The van der Waals surface area contributed by atoms with Crippen LogP contribution in [0, 0.1) is 5.82 Å². The van der Waals surface area contributed by atoms with E-state index in [-0.39, 0.29) is 41.6 Å². The van der Waals surface area contributed by atoms with Gasteiger partial charge in [0.2, 0.25) is 17.7 Å². The Morgan fingerprint density at radius 1 is 1.10 bits per heavy atom. The molecule has 0 saturated heterocycles. The predicted molar refractivity (Wildman–Crippen MR) is 143 cm³/mol. The van der Waals surface area contributed by atoms with Crippen molar-refractivity contribution in [3.63, 3.8) is 0 Å². The summed E-state index contributed by atoms with van der Waals surface area (Å²) < 4.78 is 64.1. The van der Waals surface area contributed by atoms with E-state index in [1.165, 1.54) is 35.0 Å². The number of alkyl halides is 3. The number of amides is 1. The minimum absolute atomic E-state index is 0.0747. The maximum absolute atomic E-state index is 15.5. The number of hydrogen-bond donors (Lipinski definition) is 0. The number of ether oxygens (including phenoxy) is 1. The smallest absolute Gasteiger partial charge is 0.434 e. The molecule has 2 aliphatic rings. The van der Waals surface area contributed by atoms with Crippen LogP contribution in [-0.4, -0.2) is 47.3 Å². The summed E-state index contributed by atoms with van der Waals surface area (Å²) in [6.45, 7) is 5.43. The molecule has 42 heavy (non-hydrogen) atoms. The molecular weight excluding hydrogens is 556 g/mol. The molecule has 0 radical (unpaired) electrons. The first kappa shape index (κ1) is 27.8. The van der Waals surface area contributed by atoms with Gasteiger partial charge < -0.3 is 9.30 Å². The van der Waals surface area contributed by atoms with E-state index in [0.29, 0.717) is 29.4 Å². The van der Waals surface area contributed by atoms with Crippen molar-refractivity contribution in [1.29, 1.82) is 0 Å². The molecule has 4 heterocycles. The van der Waals surface area contributed by atoms with Crippen LogP contribution in [0.5, 0.6) is 5.88 Å². The number of aromatic nitrogens is 7. The van der Waals surface area contributed by atoms with Gasteiger partial charge in [-0.1, -0.05) is 6.07 Å². The average Bonchev–Trinajstić information content (AvgIpc) is 3.54. The highest BCUT2D eigenvalue weighted by atomic mass is 19.4. The van der Waals surface area contributed by atoms with Gasteiger partial charge in [-0.05, 0) is 51.3 Å². The Kier molecular flexibility index (Phi) is 6.73. The molecule has 0 spiro atoms. The van der Waals surface area contributed by atoms with Gasteiger partial charge in [-0.2, -0.15) is 18.2 Å². The number of carbonyl (C=O) groups is 1. The van der Waals surface area contributed by atoms with Crippen molar-refractivity contribution in [2.24, 2.45) is 0 Å². The van der Waals surface area contributed by atoms with Crippen molar-refractivity contribution >= 4 is 11.9 Å². The fourth-order valence-corrected chi connectivity index (χ4v) is 5.25. The van der Waals surface area contributed by atoms with Crippen LogP contribution in [0.25, 0.3) is 22.8 Å². The zero-order valence-corrected chi connectivity index (χ0v) is 23.4. The van der Waals surface area contributed by atoms with E-state index in [9.17, 15) is 18.0 Å². The molecular formula is C28H28F4N8O2. The van der Waals surface area contributed by atoms with Gasteiger partial charge in [0.05, 0.1) is 31.0 Å². The van der Waals surface area contributed by atoms with Crippen LogP contribution >= 0.6 is 0 Å². The van der Waals surface area contributed by atoms with Crippen molar-refractivity contribution in [2.45, 2.75) is 70.8 Å². The minimum atomic E-state index is -4.67. The van der Waals surface area contributed by atoms with Gasteiger partial charge >= 0.3 is 6.18 Å². The number of nitrogens with zero attached hydrogens (tertiary/aromatic N) is 8. The Balaban J connectivity index is 1.36. The molecule has 1 aromatic carbocycles. The fourth-order valence-electron chi connectivity index (χ4n) is 5.25. The van der Waals surface area contributed by atoms with E-state index >= 15 is 4.39 Å². The number of fused-ring (bicyclic) bond motifs is 1. The molecule has 0 bridgehead atoms. The number of halogens is 4. The summed E-state index contributed by atoms with van der Waals surface area (Å²) in [7, 11) is 1.51. The topological polar surface area (TPSA) is 104 Å². The molecule has 1 fully saturated rings. The molecule has 220 valence electrons. The third-order valence-electron chi connectivity index (χ3n) is 7.58. The van der Waals surface area contributed by atoms with E-state index in [1.807, 2.05) is 0 Å². The number of hydrogen-bond acceptors (Lipinski definition) is 7. The van der Waals surface area contributed by atoms with Gasteiger partial charge in [0, 0.05) is 24.6 Å². The van der Waals surface area contributed by atoms with E-state index in [0.717, 1.165) is 24.7 Å². The maximum atomic E-state index is 15.5. The van der Waals surface area contributed by atoms with Gasteiger partial charge in [-0.15, -0.1) is 5.10 Å². The maximum Gasteiger partial charge on any atom is 0.434 e. The number of rotatable bonds is 7. The Hall–Kier alpha value is -4.36. The lowest BCUT2D eigenvalue weighted by atomic mass is 10.0. The van der Waals surface area contributed by atoms with Gasteiger partial charge in [-0.3, -0.25) is 9.69 Å². The summed E-state index contributed by atoms with van der Waals surface area (Å²) in [5.74, 6) is 0.114. The fraction of sp³-hybridized carbons (Fsp3) is 0.429. The third kappa shape index (κ3) is 4.77. The van der Waals surface area contributed by atoms with Crippen molar-refractivity contribution in [2.75, 3.05) is 12.0 Å². The second-order valence-corrected chi connectivity index (χ2v) is 10.8. The summed E-state index contributed by atoms with van der Waals surface area (Å²) in [5, 5.41) is 4.66. The molecule has 3 aromatic heterocycles. The van der Waals surface area contributed by atoms with E-state index in [4.69, 9.17) is 9.72 Å². The van der Waals surface area contributed by atoms with Gasteiger partial charge in [0.15, 0.2) is 11.5 Å². The first-order valence-corrected chi connectivity index (χ1v) is 13.6. The summed E-state index contributed by atoms with van der Waals surface area (Å²) in [5.41, 5.74) is 0.637. The molecule has 1 saturated carbocycles. The van der Waals surface area contributed by atoms with Gasteiger partial charge in [-0.25, -0.2) is 24.0 Å². The number of benzene rings is 1. The number of anilines is 1. The molecule has 14 heteroatoms. The molecule has 4 aromatic rings. The Morgan fingerprint density at radius 2 is 1.86 bits per heavy atom. The number of imidazole rings is 1. The molecule has 10 nitrogen and oxygen atoms in total. The van der Waals surface area contributed by atoms with E-state index in [2.05, 4.69) is 20.1 Å². The second-order valence-electron chi connectivity index (χ2n) is 10.8. The van der Waals surface area contributed by atoms with Crippen LogP contribution in [0.1, 0.15) is 75.0 Å². The molecule has 1 atom stereocenters. The summed E-state index contributed by atoms with van der Waals surface area (Å²) in [6, 6.07) is 3.14. The summed E-state index contributed by atoms with van der Waals surface area (Å²) in [6.07, 6.45) is -0.214. The summed E-state index contributed by atoms with van der Waals surface area (Å²) >= 11 is 0. The molecule has 1 aliphatic carbocycles. The lowest BCUT2D eigenvalue weighted by Crippen LogP contribution is -2.39. The molecule has 0 N–H and O–H groups in total. The Bertz CT molecular complexity index is 1670. The van der Waals surface area contributed by atoms with Crippen molar-refractivity contribution in [3.8, 4) is 28.7 Å². The van der Waals surface area contributed by atoms with Crippen LogP contribution in [0.15, 0.2) is 30.7 Å². The third-order valence-corrected chi connectivity index (χ3v) is 7.58. The summed E-state index contributed by atoms with van der Waals surface area (Å²) in [4.78, 5) is 31.7. The molecule has 1 amide bonds. The predicted octanol–water partition coefficient (Wildman–Crippen LogP) is 5.72. The van der Waals surface area contributed by atoms with Gasteiger partial charge in [0.25, 0.3) is 0 Å². The highest BCUT2D eigenvalue weighted by Crippen LogP contribution is 2.45. The van der Waals surface area contributed by atoms with Gasteiger partial charge in [0.1, 0.15) is 23.5 Å². The first-order valence-electron chi connectivity index (χ1n) is 13.6. The van der Waals surface area contributed by atoms with Crippen molar-refractivity contribution < 1.29 is 27.1 Å². The number of aryl methyl sites for hydroxylation is 1. The highest BCUT2D eigenvalue weighted by Gasteiger charge is 2.37. The standard InChI is InChI=1S/C28H28F4N8O2/c1-14(2)38-12-20(28(30,31)32)35-25(38)18-8-7-17(11-19(18)29)15(3)40-21(41)9-10-39-27(40)36-24(37-39)22-23(16-5-6-16)33-13-34-26(22)42-4/h7-8,11-16H,5-6,9-10H2,1-4H3/t15-/m1/s1. The second kappa shape index (κ2) is 10.2. The van der Waals surface area contributed by atoms with Crippen LogP contribution in [0.3, 0.4) is 0 Å². The molecule has 1 aliphatic heterocycles. The zero-order valence-electron chi connectivity index (χ0n) is 23.4. The van der Waals surface area contributed by atoms with Crippen LogP contribution in [-0.2, 0) is 17.5 Å². The lowest BCUT2D eigenvalue weighted by molar-refractivity contribution is -0.141. The monoisotopic (exact) mass is 584 g/mol. The zero-order chi connectivity index (χ0) is 29.9. The van der Waals surface area contributed by atoms with Crippen LogP contribution in [0.4, 0.5) is 23.5 Å². The molecule has 6 rings (SSSR count). The largest absolute Gasteiger partial charge is 0.480 e. The lowest BCUT2D eigenvalue weighted by Gasteiger charge is -2.31. The van der Waals surface area contributed by atoms with Crippen LogP contribution < -0.4 is 9.64 Å². The van der Waals surface area contributed by atoms with Crippen LogP contribution in [0.2, 0.25) is 0 Å². The minimum Gasteiger partial charge on any atom is -0.480 e. The first-order chi connectivity index (χ1) is 20.0.